The molecule has 4 rings (SSSR count). The quantitative estimate of drug-likeness (QED) is 0.732. The molecule has 0 atom stereocenters. The summed E-state index contributed by atoms with van der Waals surface area (Å²) in [6.45, 7) is 2.83. The summed E-state index contributed by atoms with van der Waals surface area (Å²) in [5, 5.41) is 4.45. The van der Waals surface area contributed by atoms with Gasteiger partial charge in [0.2, 0.25) is 5.95 Å². The molecule has 0 amide bonds. The van der Waals surface area contributed by atoms with Gasteiger partial charge in [0.15, 0.2) is 0 Å². The van der Waals surface area contributed by atoms with Crippen molar-refractivity contribution < 1.29 is 0 Å². The molecule has 0 aliphatic carbocycles. The van der Waals surface area contributed by atoms with Gasteiger partial charge in [-0.1, -0.05) is 42.0 Å². The highest BCUT2D eigenvalue weighted by Gasteiger charge is 2.17. The number of nitrogens with zero attached hydrogens (tertiary/aromatic N) is 3. The third-order valence-corrected chi connectivity index (χ3v) is 3.64. The van der Waals surface area contributed by atoms with Gasteiger partial charge in [0.25, 0.3) is 0 Å². The second-order valence-electron chi connectivity index (χ2n) is 5.05. The lowest BCUT2D eigenvalue weighted by Gasteiger charge is -2.16. The van der Waals surface area contributed by atoms with Crippen molar-refractivity contribution in [2.75, 3.05) is 5.43 Å². The molecular formula is C16H14N4. The molecule has 0 fully saturated rings. The summed E-state index contributed by atoms with van der Waals surface area (Å²) in [5.41, 5.74) is 8.61. The van der Waals surface area contributed by atoms with Crippen molar-refractivity contribution in [1.29, 1.82) is 0 Å². The van der Waals surface area contributed by atoms with E-state index < -0.39 is 0 Å². The molecule has 2 aromatic carbocycles. The molecule has 98 valence electrons. The summed E-state index contributed by atoms with van der Waals surface area (Å²) >= 11 is 0. The first-order valence-electron chi connectivity index (χ1n) is 6.66. The number of fused-ring (bicyclic) bond motifs is 3. The predicted octanol–water partition coefficient (Wildman–Crippen LogP) is 3.17. The predicted molar refractivity (Wildman–Crippen MR) is 81.1 cm³/mol. The van der Waals surface area contributed by atoms with Gasteiger partial charge >= 0.3 is 0 Å². The highest BCUT2D eigenvalue weighted by molar-refractivity contribution is 6.02. The number of hydrogen-bond acceptors (Lipinski definition) is 3. The van der Waals surface area contributed by atoms with Crippen LogP contribution >= 0.6 is 0 Å². The zero-order chi connectivity index (χ0) is 13.5. The van der Waals surface area contributed by atoms with E-state index in [1.807, 2.05) is 18.2 Å². The van der Waals surface area contributed by atoms with E-state index in [2.05, 4.69) is 57.3 Å². The second-order valence-corrected chi connectivity index (χ2v) is 5.05. The summed E-state index contributed by atoms with van der Waals surface area (Å²) in [7, 11) is 0. The molecular weight excluding hydrogens is 248 g/mol. The Balaban J connectivity index is 1.77. The lowest BCUT2D eigenvalue weighted by molar-refractivity contribution is 0.852. The number of anilines is 1. The van der Waals surface area contributed by atoms with E-state index in [0.29, 0.717) is 0 Å². The van der Waals surface area contributed by atoms with E-state index >= 15 is 0 Å². The molecule has 1 aliphatic heterocycles. The number of hydrogen-bond donors (Lipinski definition) is 1. The van der Waals surface area contributed by atoms with Gasteiger partial charge in [-0.05, 0) is 24.6 Å². The van der Waals surface area contributed by atoms with Crippen molar-refractivity contribution in [2.45, 2.75) is 13.5 Å². The summed E-state index contributed by atoms with van der Waals surface area (Å²) < 4.78 is 2.16. The number of benzene rings is 2. The van der Waals surface area contributed by atoms with Crippen LogP contribution in [0.3, 0.4) is 0 Å². The summed E-state index contributed by atoms with van der Waals surface area (Å²) in [6, 6.07) is 16.6. The molecule has 4 nitrogen and oxygen atoms in total. The molecule has 0 unspecified atom stereocenters. The number of aryl methyl sites for hydroxylation is 1. The normalized spacial score (nSPS) is 13.8. The van der Waals surface area contributed by atoms with Crippen LogP contribution in [0.5, 0.6) is 0 Å². The number of imidazole rings is 1. The Morgan fingerprint density at radius 1 is 1.05 bits per heavy atom. The number of aromatic nitrogens is 2. The lowest BCUT2D eigenvalue weighted by Crippen LogP contribution is -2.20. The Morgan fingerprint density at radius 2 is 1.85 bits per heavy atom. The van der Waals surface area contributed by atoms with Gasteiger partial charge in [0.05, 0.1) is 23.3 Å². The van der Waals surface area contributed by atoms with Gasteiger partial charge in [-0.3, -0.25) is 0 Å². The van der Waals surface area contributed by atoms with Gasteiger partial charge in [0.1, 0.15) is 0 Å². The van der Waals surface area contributed by atoms with Gasteiger partial charge in [-0.25, -0.2) is 10.4 Å². The third kappa shape index (κ3) is 1.69. The SMILES string of the molecule is Cc1ccc(C2=NNc3nc4ccccc4n3C2)cc1. The van der Waals surface area contributed by atoms with Crippen molar-refractivity contribution in [2.24, 2.45) is 5.10 Å². The zero-order valence-electron chi connectivity index (χ0n) is 11.2. The first kappa shape index (κ1) is 11.2. The largest absolute Gasteiger partial charge is 0.303 e. The Morgan fingerprint density at radius 3 is 2.70 bits per heavy atom. The topological polar surface area (TPSA) is 42.2 Å². The zero-order valence-corrected chi connectivity index (χ0v) is 11.2. The molecule has 0 saturated heterocycles. The monoisotopic (exact) mass is 262 g/mol. The maximum absolute atomic E-state index is 4.54. The fraction of sp³-hybridized carbons (Fsp3) is 0.125. The molecule has 3 aromatic rings. The van der Waals surface area contributed by atoms with Crippen LogP contribution in [-0.4, -0.2) is 15.3 Å². The van der Waals surface area contributed by atoms with Crippen molar-refractivity contribution in [1.82, 2.24) is 9.55 Å². The van der Waals surface area contributed by atoms with Crippen LogP contribution in [0.25, 0.3) is 11.0 Å². The molecule has 1 aliphatic rings. The molecule has 0 radical (unpaired) electrons. The first-order valence-corrected chi connectivity index (χ1v) is 6.66. The highest BCUT2D eigenvalue weighted by Crippen LogP contribution is 2.23. The standard InChI is InChI=1S/C16H14N4/c1-11-6-8-12(9-7-11)14-10-20-15-5-3-2-4-13(15)17-16(20)19-18-14/h2-9H,10H2,1H3,(H,17,19). The Labute approximate surface area is 116 Å². The molecule has 4 heteroatoms. The van der Waals surface area contributed by atoms with Gasteiger partial charge < -0.3 is 4.57 Å². The average molecular weight is 262 g/mol. The van der Waals surface area contributed by atoms with Gasteiger partial charge in [0, 0.05) is 0 Å². The molecule has 1 N–H and O–H groups in total. The molecule has 0 saturated carbocycles. The number of rotatable bonds is 1. The molecule has 0 spiro atoms. The van der Waals surface area contributed by atoms with Crippen LogP contribution in [0.1, 0.15) is 11.1 Å². The van der Waals surface area contributed by atoms with Crippen LogP contribution in [0, 0.1) is 6.92 Å². The molecule has 1 aromatic heterocycles. The van der Waals surface area contributed by atoms with Crippen molar-refractivity contribution in [3.05, 3.63) is 59.7 Å². The van der Waals surface area contributed by atoms with Crippen molar-refractivity contribution in [3.8, 4) is 0 Å². The Bertz CT molecular complexity index is 812. The minimum absolute atomic E-state index is 0.742. The minimum Gasteiger partial charge on any atom is -0.303 e. The summed E-state index contributed by atoms with van der Waals surface area (Å²) in [5.74, 6) is 0.807. The first-order chi connectivity index (χ1) is 9.81. The maximum Gasteiger partial charge on any atom is 0.225 e. The van der Waals surface area contributed by atoms with Crippen LogP contribution in [-0.2, 0) is 6.54 Å². The Kier molecular flexibility index (Phi) is 2.36. The van der Waals surface area contributed by atoms with Crippen LogP contribution in [0.4, 0.5) is 5.95 Å². The fourth-order valence-electron chi connectivity index (χ4n) is 2.53. The highest BCUT2D eigenvalue weighted by atomic mass is 15.4. The van der Waals surface area contributed by atoms with Crippen LogP contribution in [0.2, 0.25) is 0 Å². The van der Waals surface area contributed by atoms with Gasteiger partial charge in [-0.15, -0.1) is 0 Å². The molecule has 20 heavy (non-hydrogen) atoms. The Hall–Kier alpha value is -2.62. The van der Waals surface area contributed by atoms with E-state index in [0.717, 1.165) is 34.8 Å². The minimum atomic E-state index is 0.742. The molecule has 2 heterocycles. The number of nitrogens with one attached hydrogen (secondary N) is 1. The van der Waals surface area contributed by atoms with Crippen molar-refractivity contribution in [3.63, 3.8) is 0 Å². The van der Waals surface area contributed by atoms with E-state index in [4.69, 9.17) is 0 Å². The third-order valence-electron chi connectivity index (χ3n) is 3.64. The van der Waals surface area contributed by atoms with E-state index in [1.54, 1.807) is 0 Å². The summed E-state index contributed by atoms with van der Waals surface area (Å²) in [4.78, 5) is 4.54. The average Bonchev–Trinajstić information content (AvgIpc) is 2.86. The maximum atomic E-state index is 4.54. The molecule has 0 bridgehead atoms. The van der Waals surface area contributed by atoms with E-state index in [1.165, 1.54) is 5.56 Å². The smallest absolute Gasteiger partial charge is 0.225 e. The van der Waals surface area contributed by atoms with Crippen molar-refractivity contribution >= 4 is 22.7 Å². The van der Waals surface area contributed by atoms with E-state index in [9.17, 15) is 0 Å². The van der Waals surface area contributed by atoms with E-state index in [-0.39, 0.29) is 0 Å². The fourth-order valence-corrected chi connectivity index (χ4v) is 2.53. The second kappa shape index (κ2) is 4.20. The lowest BCUT2D eigenvalue weighted by atomic mass is 10.1. The number of hydrazone groups is 1. The summed E-state index contributed by atoms with van der Waals surface area (Å²) in [6.07, 6.45) is 0. The van der Waals surface area contributed by atoms with Crippen LogP contribution in [0.15, 0.2) is 53.6 Å². The van der Waals surface area contributed by atoms with Gasteiger partial charge in [-0.2, -0.15) is 5.10 Å². The van der Waals surface area contributed by atoms with Crippen LogP contribution < -0.4 is 5.43 Å². The number of para-hydroxylation sites is 2.